The van der Waals surface area contributed by atoms with Crippen LogP contribution in [0.5, 0.6) is 0 Å². The number of carboxylic acids is 1. The maximum atomic E-state index is 10.5. The molecule has 0 aliphatic rings. The van der Waals surface area contributed by atoms with Crippen LogP contribution in [0.3, 0.4) is 0 Å². The van der Waals surface area contributed by atoms with Gasteiger partial charge in [0.2, 0.25) is 6.08 Å². The van der Waals surface area contributed by atoms with Crippen molar-refractivity contribution >= 4 is 23.4 Å². The van der Waals surface area contributed by atoms with Gasteiger partial charge in [0, 0.05) is 5.69 Å². The Morgan fingerprint density at radius 1 is 1.12 bits per heavy atom. The van der Waals surface area contributed by atoms with Crippen molar-refractivity contribution in [1.82, 2.24) is 0 Å². The monoisotopic (exact) mass is 354 g/mol. The zero-order chi connectivity index (χ0) is 19.4. The fraction of sp³-hybridized carbons (Fsp3) is 0.333. The Morgan fingerprint density at radius 2 is 1.81 bits per heavy atom. The van der Waals surface area contributed by atoms with Gasteiger partial charge in [0.05, 0.1) is 11.3 Å². The minimum atomic E-state index is -0.980. The number of aromatic carboxylic acids is 1. The fourth-order valence-electron chi connectivity index (χ4n) is 2.40. The van der Waals surface area contributed by atoms with E-state index >= 15 is 0 Å². The van der Waals surface area contributed by atoms with Crippen molar-refractivity contribution in [1.29, 1.82) is 0 Å². The van der Waals surface area contributed by atoms with Crippen LogP contribution >= 0.6 is 0 Å². The van der Waals surface area contributed by atoms with E-state index in [2.05, 4.69) is 11.9 Å². The molecule has 0 atom stereocenters. The predicted octanol–water partition coefficient (Wildman–Crippen LogP) is 5.05. The average Bonchev–Trinajstić information content (AvgIpc) is 2.63. The molecule has 0 heterocycles. The highest BCUT2D eigenvalue weighted by molar-refractivity contribution is 5.93. The highest BCUT2D eigenvalue weighted by atomic mass is 16.4. The molecule has 3 N–H and O–H groups in total. The molecule has 0 unspecified atom stereocenters. The largest absolute Gasteiger partial charge is 0.478 e. The van der Waals surface area contributed by atoms with Crippen LogP contribution in [0.15, 0.2) is 47.5 Å². The van der Waals surface area contributed by atoms with Crippen LogP contribution in [0, 0.1) is 6.92 Å². The quantitative estimate of drug-likeness (QED) is 0.315. The number of carboxylic acid groups (broad SMARTS) is 1. The molecular formula is C21H26N2O3. The minimum absolute atomic E-state index is 0.171. The highest BCUT2D eigenvalue weighted by Gasteiger charge is 2.06. The van der Waals surface area contributed by atoms with E-state index in [9.17, 15) is 9.59 Å². The number of hydrogen-bond acceptors (Lipinski definition) is 4. The van der Waals surface area contributed by atoms with Gasteiger partial charge in [-0.05, 0) is 49.6 Å². The molecule has 2 aromatic carbocycles. The summed E-state index contributed by atoms with van der Waals surface area (Å²) in [7, 11) is 0. The van der Waals surface area contributed by atoms with Gasteiger partial charge < -0.3 is 10.8 Å². The molecule has 0 saturated heterocycles. The normalized spacial score (nSPS) is 9.62. The first-order chi connectivity index (χ1) is 12.5. The van der Waals surface area contributed by atoms with E-state index in [1.54, 1.807) is 18.2 Å². The molecule has 5 heteroatoms. The van der Waals surface area contributed by atoms with Crippen molar-refractivity contribution in [2.24, 2.45) is 4.99 Å². The number of anilines is 1. The van der Waals surface area contributed by atoms with Gasteiger partial charge in [-0.1, -0.05) is 49.9 Å². The summed E-state index contributed by atoms with van der Waals surface area (Å²) in [5.41, 5.74) is 8.79. The first-order valence-corrected chi connectivity index (χ1v) is 8.74. The third kappa shape index (κ3) is 7.77. The molecule has 0 radical (unpaired) electrons. The Hall–Kier alpha value is -2.91. The van der Waals surface area contributed by atoms with Gasteiger partial charge in [0.1, 0.15) is 0 Å². The summed E-state index contributed by atoms with van der Waals surface area (Å²) in [5, 5.41) is 8.61. The Labute approximate surface area is 154 Å². The van der Waals surface area contributed by atoms with Crippen molar-refractivity contribution < 1.29 is 14.7 Å². The van der Waals surface area contributed by atoms with Gasteiger partial charge in [-0.2, -0.15) is 4.99 Å². The van der Waals surface area contributed by atoms with Crippen LogP contribution in [0.25, 0.3) is 0 Å². The number of carbonyl (C=O) groups excluding carboxylic acids is 1. The van der Waals surface area contributed by atoms with Crippen LogP contribution in [0.1, 0.15) is 54.1 Å². The number of benzene rings is 2. The average molecular weight is 354 g/mol. The lowest BCUT2D eigenvalue weighted by molar-refractivity contribution is 0.0698. The molecular weight excluding hydrogens is 328 g/mol. The van der Waals surface area contributed by atoms with Crippen LogP contribution < -0.4 is 5.73 Å². The van der Waals surface area contributed by atoms with E-state index in [4.69, 9.17) is 10.8 Å². The van der Waals surface area contributed by atoms with Gasteiger partial charge in [-0.3, -0.25) is 0 Å². The molecule has 0 amide bonds. The van der Waals surface area contributed by atoms with E-state index < -0.39 is 5.97 Å². The fourth-order valence-corrected chi connectivity index (χ4v) is 2.40. The maximum absolute atomic E-state index is 10.5. The Morgan fingerprint density at radius 3 is 2.35 bits per heavy atom. The Balaban J connectivity index is 0.000000273. The molecule has 0 fully saturated rings. The van der Waals surface area contributed by atoms with E-state index in [0.29, 0.717) is 11.4 Å². The second kappa shape index (κ2) is 11.6. The number of rotatable bonds is 7. The van der Waals surface area contributed by atoms with Crippen LogP contribution in [0.2, 0.25) is 0 Å². The topological polar surface area (TPSA) is 92.8 Å². The number of aliphatic imine (C=N–C) groups is 1. The van der Waals surface area contributed by atoms with Crippen molar-refractivity contribution in [3.05, 3.63) is 59.2 Å². The van der Waals surface area contributed by atoms with Gasteiger partial charge in [0.25, 0.3) is 0 Å². The van der Waals surface area contributed by atoms with Crippen LogP contribution in [-0.2, 0) is 11.2 Å². The van der Waals surface area contributed by atoms with E-state index in [1.807, 2.05) is 31.2 Å². The molecule has 5 nitrogen and oxygen atoms in total. The summed E-state index contributed by atoms with van der Waals surface area (Å²) in [6, 6.07) is 12.7. The number of nitrogens with zero attached hydrogens (tertiary/aromatic N) is 1. The van der Waals surface area contributed by atoms with Crippen molar-refractivity contribution in [3.63, 3.8) is 0 Å². The number of isocyanates is 1. The Bertz CT molecular complexity index is 748. The molecule has 2 rings (SSSR count). The van der Waals surface area contributed by atoms with Crippen molar-refractivity contribution in [2.45, 2.75) is 46.0 Å². The number of hydrogen-bond donors (Lipinski definition) is 2. The smallest absolute Gasteiger partial charge is 0.337 e. The van der Waals surface area contributed by atoms with Crippen LogP contribution in [-0.4, -0.2) is 17.2 Å². The second-order valence-electron chi connectivity index (χ2n) is 6.08. The minimum Gasteiger partial charge on any atom is -0.478 e. The number of carbonyl (C=O) groups is 1. The lowest BCUT2D eigenvalue weighted by atomic mass is 10.1. The van der Waals surface area contributed by atoms with E-state index in [-0.39, 0.29) is 5.56 Å². The molecule has 138 valence electrons. The maximum Gasteiger partial charge on any atom is 0.337 e. The van der Waals surface area contributed by atoms with E-state index in [1.165, 1.54) is 37.3 Å². The van der Waals surface area contributed by atoms with E-state index in [0.717, 1.165) is 12.0 Å². The third-order valence-electron chi connectivity index (χ3n) is 3.87. The summed E-state index contributed by atoms with van der Waals surface area (Å²) >= 11 is 0. The predicted molar refractivity (Wildman–Crippen MR) is 105 cm³/mol. The number of aryl methyl sites for hydroxylation is 2. The first-order valence-electron chi connectivity index (χ1n) is 8.74. The summed E-state index contributed by atoms with van der Waals surface area (Å²) in [4.78, 5) is 24.1. The Kier molecular flexibility index (Phi) is 9.44. The number of nitrogens with two attached hydrogens (primary N) is 1. The molecule has 2 aromatic rings. The van der Waals surface area contributed by atoms with Crippen LogP contribution in [0.4, 0.5) is 11.4 Å². The molecule has 0 saturated carbocycles. The zero-order valence-electron chi connectivity index (χ0n) is 15.4. The molecule has 0 aliphatic heterocycles. The highest BCUT2D eigenvalue weighted by Crippen LogP contribution is 2.14. The molecule has 0 aliphatic carbocycles. The van der Waals surface area contributed by atoms with Gasteiger partial charge in [0.15, 0.2) is 0 Å². The second-order valence-corrected chi connectivity index (χ2v) is 6.08. The standard InChI is InChI=1S/C13H17NO.C8H9NO2/c1-2-3-4-5-6-12-7-9-13(10-8-12)14-11-15;1-5-2-3-7(9)6(4-5)8(10)11/h7-10H,2-6H2,1H3;2-4H,9H2,1H3,(H,10,11). The summed E-state index contributed by atoms with van der Waals surface area (Å²) in [6.45, 7) is 4.04. The van der Waals surface area contributed by atoms with Crippen molar-refractivity contribution in [2.75, 3.05) is 5.73 Å². The van der Waals surface area contributed by atoms with Gasteiger partial charge in [-0.15, -0.1) is 0 Å². The number of nitrogen functional groups attached to an aromatic ring is 1. The lowest BCUT2D eigenvalue weighted by Gasteiger charge is -2.00. The van der Waals surface area contributed by atoms with Gasteiger partial charge in [-0.25, -0.2) is 9.59 Å². The molecule has 26 heavy (non-hydrogen) atoms. The third-order valence-corrected chi connectivity index (χ3v) is 3.87. The summed E-state index contributed by atoms with van der Waals surface area (Å²) in [6.07, 6.45) is 7.77. The molecule has 0 aromatic heterocycles. The van der Waals surface area contributed by atoms with Gasteiger partial charge >= 0.3 is 5.97 Å². The SMILES string of the molecule is CCCCCCc1ccc(N=C=O)cc1.Cc1ccc(N)c(C(=O)O)c1. The number of unbranched alkanes of at least 4 members (excludes halogenated alkanes) is 3. The summed E-state index contributed by atoms with van der Waals surface area (Å²) in [5.74, 6) is -0.980. The molecule has 0 bridgehead atoms. The zero-order valence-corrected chi connectivity index (χ0v) is 15.4. The first kappa shape index (κ1) is 21.1. The summed E-state index contributed by atoms with van der Waals surface area (Å²) < 4.78 is 0. The molecule has 0 spiro atoms. The lowest BCUT2D eigenvalue weighted by Crippen LogP contribution is -2.02. The van der Waals surface area contributed by atoms with Crippen molar-refractivity contribution in [3.8, 4) is 0 Å².